The summed E-state index contributed by atoms with van der Waals surface area (Å²) in [5.41, 5.74) is 6.48. The molecule has 0 aromatic heterocycles. The first kappa shape index (κ1) is 14.0. The minimum atomic E-state index is -0.343. The van der Waals surface area contributed by atoms with E-state index in [0.717, 1.165) is 0 Å². The van der Waals surface area contributed by atoms with Crippen molar-refractivity contribution < 1.29 is 9.90 Å². The molecule has 0 saturated heterocycles. The highest BCUT2D eigenvalue weighted by molar-refractivity contribution is 6.30. The predicted octanol–water partition coefficient (Wildman–Crippen LogP) is 2.95. The van der Waals surface area contributed by atoms with Gasteiger partial charge in [0.05, 0.1) is 5.70 Å². The molecule has 0 heterocycles. The van der Waals surface area contributed by atoms with E-state index in [-0.39, 0.29) is 11.7 Å². The molecule has 0 spiro atoms. The standard InChI is InChI=1S/C15H13ClN2O2/c1-10(13-7-2-3-8-14(13)19)17-18-15(20)11-5-4-6-12(16)9-11/h2-9,17,19H,1H2,(H,18,20). The molecule has 20 heavy (non-hydrogen) atoms. The maximum Gasteiger partial charge on any atom is 0.269 e. The Hall–Kier alpha value is -2.46. The van der Waals surface area contributed by atoms with Gasteiger partial charge in [-0.15, -0.1) is 0 Å². The Bertz CT molecular complexity index is 656. The molecular weight excluding hydrogens is 276 g/mol. The number of para-hydroxylation sites is 1. The molecule has 0 saturated carbocycles. The summed E-state index contributed by atoms with van der Waals surface area (Å²) in [6.45, 7) is 3.76. The highest BCUT2D eigenvalue weighted by Gasteiger charge is 2.08. The first-order chi connectivity index (χ1) is 9.58. The molecule has 0 bridgehead atoms. The third-order valence-electron chi connectivity index (χ3n) is 2.64. The smallest absolute Gasteiger partial charge is 0.269 e. The third kappa shape index (κ3) is 3.30. The van der Waals surface area contributed by atoms with Gasteiger partial charge in [0.25, 0.3) is 5.91 Å². The van der Waals surface area contributed by atoms with Crippen LogP contribution in [0.15, 0.2) is 55.1 Å². The maximum absolute atomic E-state index is 11.9. The Morgan fingerprint density at radius 1 is 1.10 bits per heavy atom. The van der Waals surface area contributed by atoms with Crippen molar-refractivity contribution in [3.8, 4) is 5.75 Å². The van der Waals surface area contributed by atoms with Crippen molar-refractivity contribution in [3.05, 3.63) is 71.3 Å². The van der Waals surface area contributed by atoms with E-state index in [9.17, 15) is 9.90 Å². The molecule has 0 radical (unpaired) electrons. The van der Waals surface area contributed by atoms with Crippen LogP contribution in [-0.4, -0.2) is 11.0 Å². The van der Waals surface area contributed by atoms with Crippen molar-refractivity contribution in [2.75, 3.05) is 0 Å². The van der Waals surface area contributed by atoms with Crippen molar-refractivity contribution in [2.24, 2.45) is 0 Å². The van der Waals surface area contributed by atoms with Gasteiger partial charge in [0.15, 0.2) is 0 Å². The van der Waals surface area contributed by atoms with Gasteiger partial charge >= 0.3 is 0 Å². The molecule has 0 aliphatic rings. The highest BCUT2D eigenvalue weighted by atomic mass is 35.5. The van der Waals surface area contributed by atoms with E-state index in [1.54, 1.807) is 48.5 Å². The molecule has 0 aliphatic heterocycles. The first-order valence-corrected chi connectivity index (χ1v) is 6.25. The Kier molecular flexibility index (Phi) is 4.27. The van der Waals surface area contributed by atoms with Crippen molar-refractivity contribution in [3.63, 3.8) is 0 Å². The summed E-state index contributed by atoms with van der Waals surface area (Å²) in [5, 5.41) is 10.2. The van der Waals surface area contributed by atoms with Crippen molar-refractivity contribution in [2.45, 2.75) is 0 Å². The molecule has 0 fully saturated rings. The van der Waals surface area contributed by atoms with E-state index in [1.807, 2.05) is 0 Å². The van der Waals surface area contributed by atoms with E-state index in [0.29, 0.717) is 21.8 Å². The normalized spacial score (nSPS) is 9.85. The molecule has 1 amide bonds. The summed E-state index contributed by atoms with van der Waals surface area (Å²) in [6, 6.07) is 13.3. The number of hydrogen-bond donors (Lipinski definition) is 3. The molecular formula is C15H13ClN2O2. The summed E-state index contributed by atoms with van der Waals surface area (Å²) in [5.74, 6) is -0.258. The lowest BCUT2D eigenvalue weighted by Gasteiger charge is -2.12. The molecule has 5 heteroatoms. The number of amides is 1. The third-order valence-corrected chi connectivity index (χ3v) is 2.88. The van der Waals surface area contributed by atoms with Crippen LogP contribution >= 0.6 is 11.6 Å². The van der Waals surface area contributed by atoms with E-state index >= 15 is 0 Å². The average molecular weight is 289 g/mol. The number of carbonyl (C=O) groups excluding carboxylic acids is 1. The molecule has 2 aromatic rings. The topological polar surface area (TPSA) is 61.4 Å². The van der Waals surface area contributed by atoms with Crippen LogP contribution in [0, 0.1) is 0 Å². The molecule has 0 aliphatic carbocycles. The van der Waals surface area contributed by atoms with Gasteiger partial charge in [0.2, 0.25) is 0 Å². The number of aromatic hydroxyl groups is 1. The first-order valence-electron chi connectivity index (χ1n) is 5.87. The van der Waals surface area contributed by atoms with Crippen molar-refractivity contribution in [1.82, 2.24) is 10.9 Å². The SMILES string of the molecule is C=C(NNC(=O)c1cccc(Cl)c1)c1ccccc1O. The number of hydrogen-bond acceptors (Lipinski definition) is 3. The molecule has 2 aromatic carbocycles. The number of hydrazine groups is 1. The van der Waals surface area contributed by atoms with Crippen LogP contribution in [0.1, 0.15) is 15.9 Å². The van der Waals surface area contributed by atoms with E-state index in [2.05, 4.69) is 17.4 Å². The lowest BCUT2D eigenvalue weighted by molar-refractivity contribution is 0.0942. The Morgan fingerprint density at radius 2 is 1.85 bits per heavy atom. The summed E-state index contributed by atoms with van der Waals surface area (Å²) in [4.78, 5) is 11.9. The predicted molar refractivity (Wildman–Crippen MR) is 79.2 cm³/mol. The number of rotatable bonds is 4. The molecule has 2 rings (SSSR count). The summed E-state index contributed by atoms with van der Waals surface area (Å²) >= 11 is 5.82. The number of benzene rings is 2. The van der Waals surface area contributed by atoms with Gasteiger partial charge in [0, 0.05) is 16.1 Å². The van der Waals surface area contributed by atoms with Gasteiger partial charge < -0.3 is 5.11 Å². The second-order valence-corrected chi connectivity index (χ2v) is 4.52. The number of phenols is 1. The van der Waals surface area contributed by atoms with Crippen LogP contribution in [0.3, 0.4) is 0 Å². The van der Waals surface area contributed by atoms with Crippen LogP contribution in [0.25, 0.3) is 5.70 Å². The van der Waals surface area contributed by atoms with Crippen LogP contribution < -0.4 is 10.9 Å². The molecule has 0 unspecified atom stereocenters. The molecule has 102 valence electrons. The van der Waals surface area contributed by atoms with Crippen molar-refractivity contribution in [1.29, 1.82) is 0 Å². The van der Waals surface area contributed by atoms with Crippen LogP contribution in [0.4, 0.5) is 0 Å². The fourth-order valence-corrected chi connectivity index (χ4v) is 1.82. The van der Waals surface area contributed by atoms with Gasteiger partial charge in [-0.05, 0) is 30.3 Å². The van der Waals surface area contributed by atoms with Crippen LogP contribution in [0.2, 0.25) is 5.02 Å². The quantitative estimate of drug-likeness (QED) is 0.758. The number of nitrogens with one attached hydrogen (secondary N) is 2. The Balaban J connectivity index is 2.01. The van der Waals surface area contributed by atoms with Gasteiger partial charge in [-0.25, -0.2) is 0 Å². The van der Waals surface area contributed by atoms with Gasteiger partial charge in [-0.3, -0.25) is 15.6 Å². The number of halogens is 1. The van der Waals surface area contributed by atoms with Crippen LogP contribution in [0.5, 0.6) is 5.75 Å². The van der Waals surface area contributed by atoms with Gasteiger partial charge in [-0.1, -0.05) is 36.4 Å². The number of carbonyl (C=O) groups is 1. The summed E-state index contributed by atoms with van der Waals surface area (Å²) in [7, 11) is 0. The van der Waals surface area contributed by atoms with E-state index in [1.165, 1.54) is 0 Å². The lowest BCUT2D eigenvalue weighted by atomic mass is 10.1. The fraction of sp³-hybridized carbons (Fsp3) is 0. The highest BCUT2D eigenvalue weighted by Crippen LogP contribution is 2.20. The minimum absolute atomic E-state index is 0.0852. The second kappa shape index (κ2) is 6.12. The minimum Gasteiger partial charge on any atom is -0.507 e. The van der Waals surface area contributed by atoms with Crippen LogP contribution in [-0.2, 0) is 0 Å². The second-order valence-electron chi connectivity index (χ2n) is 4.09. The van der Waals surface area contributed by atoms with Crippen molar-refractivity contribution >= 4 is 23.2 Å². The monoisotopic (exact) mass is 288 g/mol. The Labute approximate surface area is 121 Å². The lowest BCUT2D eigenvalue weighted by Crippen LogP contribution is -2.35. The van der Waals surface area contributed by atoms with E-state index in [4.69, 9.17) is 11.6 Å². The summed E-state index contributed by atoms with van der Waals surface area (Å²) in [6.07, 6.45) is 0. The summed E-state index contributed by atoms with van der Waals surface area (Å²) < 4.78 is 0. The van der Waals surface area contributed by atoms with Gasteiger partial charge in [-0.2, -0.15) is 0 Å². The largest absolute Gasteiger partial charge is 0.507 e. The zero-order valence-electron chi connectivity index (χ0n) is 10.6. The maximum atomic E-state index is 11.9. The zero-order valence-corrected chi connectivity index (χ0v) is 11.3. The molecule has 4 nitrogen and oxygen atoms in total. The van der Waals surface area contributed by atoms with Gasteiger partial charge in [0.1, 0.15) is 5.75 Å². The average Bonchev–Trinajstić information content (AvgIpc) is 2.45. The molecule has 0 atom stereocenters. The fourth-order valence-electron chi connectivity index (χ4n) is 1.63. The van der Waals surface area contributed by atoms with E-state index < -0.39 is 0 Å². The number of phenolic OH excluding ortho intramolecular Hbond substituents is 1. The Morgan fingerprint density at radius 3 is 2.55 bits per heavy atom. The zero-order chi connectivity index (χ0) is 14.5. The molecule has 3 N–H and O–H groups in total.